The molecule has 8 heteroatoms. The molecule has 0 radical (unpaired) electrons. The van der Waals surface area contributed by atoms with Crippen molar-refractivity contribution in [2.24, 2.45) is 0 Å². The number of nitrogens with one attached hydrogen (secondary N) is 1. The number of ether oxygens (including phenoxy) is 1. The molecule has 0 saturated carbocycles. The molecule has 3 aromatic carbocycles. The van der Waals surface area contributed by atoms with E-state index in [1.807, 2.05) is 0 Å². The quantitative estimate of drug-likeness (QED) is 0.540. The number of benzene rings is 3. The van der Waals surface area contributed by atoms with Crippen molar-refractivity contribution in [3.8, 4) is 5.75 Å². The summed E-state index contributed by atoms with van der Waals surface area (Å²) < 4.78 is 28.9. The van der Waals surface area contributed by atoms with Crippen molar-refractivity contribution in [3.63, 3.8) is 0 Å². The largest absolute Gasteiger partial charge is 0.488 e. The van der Waals surface area contributed by atoms with Gasteiger partial charge in [-0.2, -0.15) is 0 Å². The number of amides is 1. The van der Waals surface area contributed by atoms with E-state index in [-0.39, 0.29) is 24.0 Å². The summed E-state index contributed by atoms with van der Waals surface area (Å²) in [7, 11) is -3.25. The lowest BCUT2D eigenvalue weighted by molar-refractivity contribution is 0.0946. The summed E-state index contributed by atoms with van der Waals surface area (Å²) >= 11 is 12.1. The Labute approximate surface area is 185 Å². The summed E-state index contributed by atoms with van der Waals surface area (Å²) in [5.74, 6) is 0.119. The Balaban J connectivity index is 1.66. The number of para-hydroxylation sites is 1. The van der Waals surface area contributed by atoms with Gasteiger partial charge in [-0.3, -0.25) is 4.79 Å². The molecule has 5 nitrogen and oxygen atoms in total. The van der Waals surface area contributed by atoms with E-state index in [9.17, 15) is 13.2 Å². The molecule has 1 N–H and O–H groups in total. The normalized spacial score (nSPS) is 11.2. The second-order valence-electron chi connectivity index (χ2n) is 6.62. The number of carbonyl (C=O) groups is 1. The van der Waals surface area contributed by atoms with Crippen LogP contribution in [0, 0.1) is 0 Å². The minimum atomic E-state index is -3.25. The fourth-order valence-corrected chi connectivity index (χ4v) is 3.80. The Hall–Kier alpha value is -2.54. The van der Waals surface area contributed by atoms with Crippen molar-refractivity contribution in [2.45, 2.75) is 18.0 Å². The van der Waals surface area contributed by atoms with Crippen molar-refractivity contribution < 1.29 is 17.9 Å². The molecule has 0 bridgehead atoms. The third-order valence-electron chi connectivity index (χ3n) is 4.33. The van der Waals surface area contributed by atoms with Gasteiger partial charge in [0.05, 0.1) is 10.5 Å². The molecule has 0 fully saturated rings. The van der Waals surface area contributed by atoms with Crippen LogP contribution >= 0.6 is 23.2 Å². The molecular formula is C22H19Cl2NO4S. The Bertz CT molecular complexity index is 1160. The molecule has 156 valence electrons. The molecular weight excluding hydrogens is 445 g/mol. The summed E-state index contributed by atoms with van der Waals surface area (Å²) in [6, 6.07) is 18.4. The smallest absolute Gasteiger partial charge is 0.255 e. The maximum Gasteiger partial charge on any atom is 0.255 e. The zero-order valence-electron chi connectivity index (χ0n) is 16.1. The summed E-state index contributed by atoms with van der Waals surface area (Å²) in [6.45, 7) is 0.438. The van der Waals surface area contributed by atoms with Gasteiger partial charge in [-0.1, -0.05) is 53.5 Å². The highest BCUT2D eigenvalue weighted by molar-refractivity contribution is 7.90. The van der Waals surface area contributed by atoms with Crippen LogP contribution in [0.5, 0.6) is 5.75 Å². The molecule has 0 aliphatic rings. The molecule has 0 aromatic heterocycles. The molecule has 0 unspecified atom stereocenters. The van der Waals surface area contributed by atoms with Crippen molar-refractivity contribution in [3.05, 3.63) is 93.5 Å². The molecule has 0 aliphatic heterocycles. The lowest BCUT2D eigenvalue weighted by atomic mass is 10.1. The van der Waals surface area contributed by atoms with Crippen molar-refractivity contribution in [1.82, 2.24) is 5.32 Å². The zero-order valence-corrected chi connectivity index (χ0v) is 18.4. The fourth-order valence-electron chi connectivity index (χ4n) is 2.71. The lowest BCUT2D eigenvalue weighted by Gasteiger charge is -2.13. The standard InChI is InChI=1S/C22H19Cl2NO4S/c1-30(27,28)18-10-6-15(7-11-18)13-25-22(26)19-4-2-3-5-21(19)29-14-16-8-9-17(23)12-20(16)24/h2-12H,13-14H2,1H3,(H,25,26). The van der Waals surface area contributed by atoms with Crippen molar-refractivity contribution in [1.29, 1.82) is 0 Å². The first-order valence-electron chi connectivity index (χ1n) is 8.97. The number of sulfone groups is 1. The fraction of sp³-hybridized carbons (Fsp3) is 0.136. The van der Waals surface area contributed by atoms with Gasteiger partial charge in [-0.15, -0.1) is 0 Å². The van der Waals surface area contributed by atoms with E-state index in [0.29, 0.717) is 21.4 Å². The van der Waals surface area contributed by atoms with Gasteiger partial charge in [0.2, 0.25) is 0 Å². The van der Waals surface area contributed by atoms with Crippen LogP contribution in [0.15, 0.2) is 71.6 Å². The van der Waals surface area contributed by atoms with Gasteiger partial charge >= 0.3 is 0 Å². The van der Waals surface area contributed by atoms with E-state index in [0.717, 1.165) is 17.4 Å². The summed E-state index contributed by atoms with van der Waals surface area (Å²) in [6.07, 6.45) is 1.15. The highest BCUT2D eigenvalue weighted by Crippen LogP contribution is 2.24. The third kappa shape index (κ3) is 5.75. The van der Waals surface area contributed by atoms with Crippen LogP contribution in [0.4, 0.5) is 0 Å². The van der Waals surface area contributed by atoms with Gasteiger partial charge < -0.3 is 10.1 Å². The van der Waals surface area contributed by atoms with Crippen LogP contribution in [0.1, 0.15) is 21.5 Å². The van der Waals surface area contributed by atoms with Gasteiger partial charge in [0.1, 0.15) is 12.4 Å². The highest BCUT2D eigenvalue weighted by Gasteiger charge is 2.13. The lowest BCUT2D eigenvalue weighted by Crippen LogP contribution is -2.23. The summed E-state index contributed by atoms with van der Waals surface area (Å²) in [5.41, 5.74) is 1.92. The number of rotatable bonds is 7. The molecule has 0 spiro atoms. The number of hydrogen-bond acceptors (Lipinski definition) is 4. The van der Waals surface area contributed by atoms with Gasteiger partial charge in [-0.25, -0.2) is 8.42 Å². The third-order valence-corrected chi connectivity index (χ3v) is 6.05. The number of halogens is 2. The Morgan fingerprint density at radius 1 is 1.00 bits per heavy atom. The molecule has 0 saturated heterocycles. The molecule has 30 heavy (non-hydrogen) atoms. The van der Waals surface area contributed by atoms with E-state index in [1.54, 1.807) is 54.6 Å². The van der Waals surface area contributed by atoms with Crippen LogP contribution < -0.4 is 10.1 Å². The summed E-state index contributed by atoms with van der Waals surface area (Å²) in [5, 5.41) is 3.84. The van der Waals surface area contributed by atoms with E-state index in [1.165, 1.54) is 12.1 Å². The maximum absolute atomic E-state index is 12.7. The predicted octanol–water partition coefficient (Wildman–Crippen LogP) is 4.91. The first-order chi connectivity index (χ1) is 14.2. The number of carbonyl (C=O) groups excluding carboxylic acids is 1. The van der Waals surface area contributed by atoms with Gasteiger partial charge in [0.25, 0.3) is 5.91 Å². The van der Waals surface area contributed by atoms with E-state index < -0.39 is 9.84 Å². The summed E-state index contributed by atoms with van der Waals surface area (Å²) in [4.78, 5) is 12.9. The molecule has 0 aliphatic carbocycles. The number of hydrogen-bond donors (Lipinski definition) is 1. The minimum absolute atomic E-state index is 0.188. The topological polar surface area (TPSA) is 72.5 Å². The predicted molar refractivity (Wildman–Crippen MR) is 118 cm³/mol. The van der Waals surface area contributed by atoms with Crippen LogP contribution in [0.25, 0.3) is 0 Å². The average Bonchev–Trinajstić information content (AvgIpc) is 2.71. The molecule has 0 heterocycles. The van der Waals surface area contributed by atoms with E-state index in [2.05, 4.69) is 5.32 Å². The van der Waals surface area contributed by atoms with Crippen LogP contribution in [0.2, 0.25) is 10.0 Å². The van der Waals surface area contributed by atoms with Gasteiger partial charge in [0, 0.05) is 28.4 Å². The first-order valence-corrected chi connectivity index (χ1v) is 11.6. The molecule has 0 atom stereocenters. The zero-order chi connectivity index (χ0) is 21.7. The van der Waals surface area contributed by atoms with Crippen LogP contribution in [-0.4, -0.2) is 20.6 Å². The average molecular weight is 464 g/mol. The first kappa shape index (κ1) is 22.2. The van der Waals surface area contributed by atoms with Gasteiger partial charge in [-0.05, 0) is 42.0 Å². The van der Waals surface area contributed by atoms with Gasteiger partial charge in [0.15, 0.2) is 9.84 Å². The van der Waals surface area contributed by atoms with E-state index in [4.69, 9.17) is 27.9 Å². The van der Waals surface area contributed by atoms with Crippen molar-refractivity contribution >= 4 is 38.9 Å². The Morgan fingerprint density at radius 3 is 2.37 bits per heavy atom. The van der Waals surface area contributed by atoms with E-state index >= 15 is 0 Å². The highest BCUT2D eigenvalue weighted by atomic mass is 35.5. The maximum atomic E-state index is 12.7. The second-order valence-corrected chi connectivity index (χ2v) is 9.48. The van der Waals surface area contributed by atoms with Crippen molar-refractivity contribution in [2.75, 3.05) is 6.26 Å². The SMILES string of the molecule is CS(=O)(=O)c1ccc(CNC(=O)c2ccccc2OCc2ccc(Cl)cc2Cl)cc1. The molecule has 1 amide bonds. The molecule has 3 rings (SSSR count). The Morgan fingerprint density at radius 2 is 1.70 bits per heavy atom. The molecule has 3 aromatic rings. The van der Waals surface area contributed by atoms with Crippen LogP contribution in [-0.2, 0) is 23.0 Å². The monoisotopic (exact) mass is 463 g/mol. The Kier molecular flexibility index (Phi) is 7.02. The second kappa shape index (κ2) is 9.51. The minimum Gasteiger partial charge on any atom is -0.488 e. The van der Waals surface area contributed by atoms with Crippen LogP contribution in [0.3, 0.4) is 0 Å².